The number of allylic oxidation sites excluding steroid dienone is 1. The van der Waals surface area contributed by atoms with Crippen LogP contribution in [0.5, 0.6) is 0 Å². The van der Waals surface area contributed by atoms with Crippen LogP contribution in [0.15, 0.2) is 66.9 Å². The summed E-state index contributed by atoms with van der Waals surface area (Å²) >= 11 is 0. The Morgan fingerprint density at radius 1 is 1.11 bits per heavy atom. The van der Waals surface area contributed by atoms with Crippen molar-refractivity contribution >= 4 is 17.8 Å². The maximum Gasteiger partial charge on any atom is 0.338 e. The molecule has 0 aromatic heterocycles. The SMILES string of the molecule is C=C(C)N1CC(=O)N2[C@@H](C(C)C)C(=O)N([C@H](CC)c3ccccc3)C[C@@H]2N1C(=O)NCc1ccc(F)cc1. The third-order valence-corrected chi connectivity index (χ3v) is 7.22. The quantitative estimate of drug-likeness (QED) is 0.590. The highest BCUT2D eigenvalue weighted by Gasteiger charge is 2.53. The van der Waals surface area contributed by atoms with E-state index in [1.165, 1.54) is 17.1 Å². The Labute approximate surface area is 223 Å². The number of benzene rings is 2. The largest absolute Gasteiger partial charge is 0.338 e. The first kappa shape index (κ1) is 27.2. The highest BCUT2D eigenvalue weighted by molar-refractivity contribution is 5.92. The lowest BCUT2D eigenvalue weighted by molar-refractivity contribution is -0.191. The van der Waals surface area contributed by atoms with Crippen LogP contribution in [0.25, 0.3) is 0 Å². The van der Waals surface area contributed by atoms with E-state index in [0.29, 0.717) is 12.1 Å². The molecule has 2 aromatic rings. The fourth-order valence-electron chi connectivity index (χ4n) is 5.41. The lowest BCUT2D eigenvalue weighted by Gasteiger charge is -2.57. The highest BCUT2D eigenvalue weighted by Crippen LogP contribution is 2.35. The molecule has 2 fully saturated rings. The van der Waals surface area contributed by atoms with E-state index in [1.54, 1.807) is 29.0 Å². The van der Waals surface area contributed by atoms with Crippen LogP contribution in [0.1, 0.15) is 51.3 Å². The standard InChI is InChI=1S/C29H36FN5O3/c1-6-24(22-10-8-7-9-11-22)32-17-25-34(27(19(2)3)28(32)37)26(36)18-33(20(4)5)35(25)29(38)31-16-21-12-14-23(30)15-13-21/h7-15,19,24-25,27H,4,6,16-18H2,1-3,5H3,(H,31,38)/t24-,25+,27+/m1/s1. The first-order chi connectivity index (χ1) is 18.1. The number of amides is 4. The molecule has 0 saturated carbocycles. The fraction of sp³-hybridized carbons (Fsp3) is 0.414. The third kappa shape index (κ3) is 5.23. The number of rotatable bonds is 7. The monoisotopic (exact) mass is 521 g/mol. The van der Waals surface area contributed by atoms with E-state index in [0.717, 1.165) is 11.1 Å². The van der Waals surface area contributed by atoms with Crippen LogP contribution in [-0.4, -0.2) is 63.0 Å². The molecule has 9 heteroatoms. The average Bonchev–Trinajstić information content (AvgIpc) is 2.89. The number of nitrogens with zero attached hydrogens (tertiary/aromatic N) is 4. The Kier molecular flexibility index (Phi) is 8.04. The van der Waals surface area contributed by atoms with Gasteiger partial charge in [0, 0.05) is 12.2 Å². The molecule has 2 saturated heterocycles. The summed E-state index contributed by atoms with van der Waals surface area (Å²) in [5.41, 5.74) is 2.28. The van der Waals surface area contributed by atoms with Gasteiger partial charge in [-0.05, 0) is 42.5 Å². The Bertz CT molecular complexity index is 1190. The van der Waals surface area contributed by atoms with Gasteiger partial charge in [-0.25, -0.2) is 14.2 Å². The molecule has 2 aliphatic heterocycles. The van der Waals surface area contributed by atoms with Gasteiger partial charge in [-0.3, -0.25) is 14.6 Å². The summed E-state index contributed by atoms with van der Waals surface area (Å²) in [6.45, 7) is 11.9. The molecule has 38 heavy (non-hydrogen) atoms. The van der Waals surface area contributed by atoms with E-state index >= 15 is 0 Å². The normalized spacial score (nSPS) is 20.5. The molecule has 1 N–H and O–H groups in total. The molecule has 3 atom stereocenters. The number of piperazine rings is 1. The number of halogens is 1. The topological polar surface area (TPSA) is 76.2 Å². The molecule has 4 rings (SSSR count). The Balaban J connectivity index is 1.71. The summed E-state index contributed by atoms with van der Waals surface area (Å²) in [5, 5.41) is 6.00. The smallest absolute Gasteiger partial charge is 0.332 e. The Morgan fingerprint density at radius 3 is 2.34 bits per heavy atom. The predicted octanol–water partition coefficient (Wildman–Crippen LogP) is 4.27. The van der Waals surface area contributed by atoms with Gasteiger partial charge in [-0.2, -0.15) is 0 Å². The summed E-state index contributed by atoms with van der Waals surface area (Å²) < 4.78 is 13.3. The zero-order valence-corrected chi connectivity index (χ0v) is 22.4. The van der Waals surface area contributed by atoms with Gasteiger partial charge in [0.05, 0.1) is 12.6 Å². The van der Waals surface area contributed by atoms with Crippen molar-refractivity contribution in [3.05, 3.63) is 83.8 Å². The van der Waals surface area contributed by atoms with Crippen molar-refractivity contribution in [3.8, 4) is 0 Å². The second-order valence-electron chi connectivity index (χ2n) is 10.2. The Hall–Kier alpha value is -3.88. The Morgan fingerprint density at radius 2 is 1.76 bits per heavy atom. The van der Waals surface area contributed by atoms with Crippen LogP contribution in [0.2, 0.25) is 0 Å². The minimum Gasteiger partial charge on any atom is -0.332 e. The molecule has 8 nitrogen and oxygen atoms in total. The summed E-state index contributed by atoms with van der Waals surface area (Å²) in [7, 11) is 0. The molecule has 202 valence electrons. The van der Waals surface area contributed by atoms with Gasteiger partial charge < -0.3 is 15.1 Å². The van der Waals surface area contributed by atoms with Gasteiger partial charge in [-0.1, -0.05) is 69.8 Å². The zero-order chi connectivity index (χ0) is 27.6. The van der Waals surface area contributed by atoms with Crippen molar-refractivity contribution in [1.29, 1.82) is 0 Å². The summed E-state index contributed by atoms with van der Waals surface area (Å²) in [6.07, 6.45) is -0.0358. The second-order valence-corrected chi connectivity index (χ2v) is 10.2. The van der Waals surface area contributed by atoms with Crippen LogP contribution in [0.4, 0.5) is 9.18 Å². The maximum absolute atomic E-state index is 13.9. The highest BCUT2D eigenvalue weighted by atomic mass is 19.1. The van der Waals surface area contributed by atoms with E-state index in [1.807, 2.05) is 56.0 Å². The van der Waals surface area contributed by atoms with Crippen LogP contribution >= 0.6 is 0 Å². The first-order valence-electron chi connectivity index (χ1n) is 13.0. The number of hydrogen-bond acceptors (Lipinski definition) is 4. The molecular formula is C29H36FN5O3. The van der Waals surface area contributed by atoms with Crippen molar-refractivity contribution in [1.82, 2.24) is 25.1 Å². The van der Waals surface area contributed by atoms with Gasteiger partial charge in [0.1, 0.15) is 24.6 Å². The van der Waals surface area contributed by atoms with Gasteiger partial charge in [0.25, 0.3) is 0 Å². The maximum atomic E-state index is 13.9. The number of carbonyl (C=O) groups excluding carboxylic acids is 3. The van der Waals surface area contributed by atoms with Crippen molar-refractivity contribution in [2.45, 2.75) is 58.9 Å². The molecule has 2 heterocycles. The molecule has 4 amide bonds. The van der Waals surface area contributed by atoms with Crippen molar-refractivity contribution < 1.29 is 18.8 Å². The lowest BCUT2D eigenvalue weighted by Crippen LogP contribution is -2.77. The molecule has 0 bridgehead atoms. The number of hydrogen-bond donors (Lipinski definition) is 1. The number of carbonyl (C=O) groups is 3. The van der Waals surface area contributed by atoms with Crippen LogP contribution in [-0.2, 0) is 16.1 Å². The van der Waals surface area contributed by atoms with Crippen LogP contribution < -0.4 is 5.32 Å². The predicted molar refractivity (Wildman–Crippen MR) is 142 cm³/mol. The van der Waals surface area contributed by atoms with E-state index in [9.17, 15) is 18.8 Å². The number of fused-ring (bicyclic) bond motifs is 1. The minimum atomic E-state index is -0.718. The van der Waals surface area contributed by atoms with Crippen molar-refractivity contribution in [3.63, 3.8) is 0 Å². The summed E-state index contributed by atoms with van der Waals surface area (Å²) in [6, 6.07) is 14.4. The van der Waals surface area contributed by atoms with Crippen LogP contribution in [0.3, 0.4) is 0 Å². The van der Waals surface area contributed by atoms with E-state index in [4.69, 9.17) is 0 Å². The van der Waals surface area contributed by atoms with Gasteiger partial charge >= 0.3 is 6.03 Å². The zero-order valence-electron chi connectivity index (χ0n) is 22.4. The lowest BCUT2D eigenvalue weighted by atomic mass is 9.93. The third-order valence-electron chi connectivity index (χ3n) is 7.22. The number of nitrogens with one attached hydrogen (secondary N) is 1. The van der Waals surface area contributed by atoms with E-state index in [-0.39, 0.29) is 49.2 Å². The van der Waals surface area contributed by atoms with Gasteiger partial charge in [0.2, 0.25) is 11.8 Å². The van der Waals surface area contributed by atoms with Crippen LogP contribution in [0, 0.1) is 11.7 Å². The summed E-state index contributed by atoms with van der Waals surface area (Å²) in [4.78, 5) is 44.5. The molecule has 0 aliphatic carbocycles. The van der Waals surface area contributed by atoms with Gasteiger partial charge in [0.15, 0.2) is 0 Å². The van der Waals surface area contributed by atoms with E-state index < -0.39 is 18.2 Å². The summed E-state index contributed by atoms with van der Waals surface area (Å²) in [5.74, 6) is -0.851. The molecule has 2 aromatic carbocycles. The van der Waals surface area contributed by atoms with Crippen molar-refractivity contribution in [2.24, 2.45) is 5.92 Å². The molecule has 2 aliphatic rings. The molecule has 0 radical (unpaired) electrons. The molecule has 0 spiro atoms. The number of urea groups is 1. The minimum absolute atomic E-state index is 0.0950. The first-order valence-corrected chi connectivity index (χ1v) is 13.0. The van der Waals surface area contributed by atoms with Crippen molar-refractivity contribution in [2.75, 3.05) is 13.1 Å². The van der Waals surface area contributed by atoms with E-state index in [2.05, 4.69) is 11.9 Å². The number of hydrazine groups is 1. The average molecular weight is 522 g/mol. The van der Waals surface area contributed by atoms with Gasteiger partial charge in [-0.15, -0.1) is 0 Å². The second kappa shape index (κ2) is 11.2. The molecular weight excluding hydrogens is 485 g/mol. The fourth-order valence-corrected chi connectivity index (χ4v) is 5.41. The molecule has 0 unspecified atom stereocenters.